The van der Waals surface area contributed by atoms with Crippen molar-refractivity contribution in [2.45, 2.75) is 17.9 Å². The molecule has 162 valence electrons. The van der Waals surface area contributed by atoms with Gasteiger partial charge in [-0.25, -0.2) is 0 Å². The fourth-order valence-electron chi connectivity index (χ4n) is 4.92. The fourth-order valence-corrected chi connectivity index (χ4v) is 5.87. The van der Waals surface area contributed by atoms with Crippen molar-refractivity contribution in [3.8, 4) is 16.9 Å². The van der Waals surface area contributed by atoms with Gasteiger partial charge in [-0.1, -0.05) is 48.0 Å². The van der Waals surface area contributed by atoms with Gasteiger partial charge in [0, 0.05) is 37.2 Å². The minimum absolute atomic E-state index is 0.0674. The van der Waals surface area contributed by atoms with Gasteiger partial charge in [0.15, 0.2) is 11.5 Å². The van der Waals surface area contributed by atoms with Gasteiger partial charge in [0.05, 0.1) is 11.3 Å². The number of rotatable bonds is 4. The van der Waals surface area contributed by atoms with Crippen molar-refractivity contribution in [2.75, 3.05) is 24.5 Å². The summed E-state index contributed by atoms with van der Waals surface area (Å²) in [6.45, 7) is 4.41. The summed E-state index contributed by atoms with van der Waals surface area (Å²) in [5, 5.41) is 3.41. The normalized spacial score (nSPS) is 21.0. The predicted molar refractivity (Wildman–Crippen MR) is 122 cm³/mol. The zero-order valence-corrected chi connectivity index (χ0v) is 18.4. The topological polar surface area (TPSA) is 75.7 Å². The second-order valence-electron chi connectivity index (χ2n) is 8.74. The number of ketones is 1. The first-order valence-corrected chi connectivity index (χ1v) is 12.1. The van der Waals surface area contributed by atoms with E-state index in [-0.39, 0.29) is 16.4 Å². The lowest BCUT2D eigenvalue weighted by Crippen LogP contribution is -2.51. The molecule has 0 radical (unpaired) electrons. The van der Waals surface area contributed by atoms with Crippen molar-refractivity contribution in [1.29, 1.82) is 0 Å². The molecule has 2 unspecified atom stereocenters. The first-order valence-electron chi connectivity index (χ1n) is 10.7. The second kappa shape index (κ2) is 6.92. The number of hydrogen-bond acceptors (Lipinski definition) is 6. The highest BCUT2D eigenvalue weighted by Crippen LogP contribution is 2.47. The van der Waals surface area contributed by atoms with E-state index in [1.807, 2.05) is 37.3 Å². The van der Waals surface area contributed by atoms with Crippen molar-refractivity contribution in [2.24, 2.45) is 5.92 Å². The molecule has 2 saturated heterocycles. The highest BCUT2D eigenvalue weighted by Gasteiger charge is 2.42. The maximum absolute atomic E-state index is 13.4. The zero-order valence-electron chi connectivity index (χ0n) is 17.5. The molecule has 2 aliphatic heterocycles. The van der Waals surface area contributed by atoms with Crippen LogP contribution in [0.15, 0.2) is 65.6 Å². The molecule has 3 aliphatic rings. The van der Waals surface area contributed by atoms with E-state index in [1.54, 1.807) is 18.2 Å². The summed E-state index contributed by atoms with van der Waals surface area (Å²) in [5.41, 5.74) is 4.02. The van der Waals surface area contributed by atoms with Gasteiger partial charge in [-0.05, 0) is 36.2 Å². The van der Waals surface area contributed by atoms with Crippen LogP contribution in [0.25, 0.3) is 11.1 Å². The van der Waals surface area contributed by atoms with Gasteiger partial charge in [-0.15, -0.1) is 0 Å². The van der Waals surface area contributed by atoms with E-state index < -0.39 is 10.1 Å². The van der Waals surface area contributed by atoms with E-state index in [4.69, 9.17) is 4.18 Å². The molecule has 7 heteroatoms. The van der Waals surface area contributed by atoms with Gasteiger partial charge in [0.2, 0.25) is 0 Å². The van der Waals surface area contributed by atoms with Gasteiger partial charge < -0.3 is 14.4 Å². The second-order valence-corrected chi connectivity index (χ2v) is 10.3. The van der Waals surface area contributed by atoms with Crippen molar-refractivity contribution >= 4 is 21.6 Å². The van der Waals surface area contributed by atoms with E-state index >= 15 is 0 Å². The minimum atomic E-state index is -4.12. The molecule has 1 aliphatic carbocycles. The maximum Gasteiger partial charge on any atom is 0.339 e. The first kappa shape index (κ1) is 19.5. The number of fused-ring (bicyclic) bond motifs is 4. The zero-order chi connectivity index (χ0) is 22.0. The Morgan fingerprint density at radius 2 is 1.69 bits per heavy atom. The number of anilines is 1. The molecule has 0 amide bonds. The average Bonchev–Trinajstić information content (AvgIpc) is 3.23. The van der Waals surface area contributed by atoms with Gasteiger partial charge in [-0.2, -0.15) is 8.42 Å². The van der Waals surface area contributed by atoms with Crippen molar-refractivity contribution in [3.05, 3.63) is 77.4 Å². The van der Waals surface area contributed by atoms with Crippen molar-refractivity contribution in [3.63, 3.8) is 0 Å². The highest BCUT2D eigenvalue weighted by atomic mass is 32.2. The molecule has 2 heterocycles. The van der Waals surface area contributed by atoms with Crippen LogP contribution < -0.4 is 14.4 Å². The SMILES string of the molecule is Cc1ccc(S(=O)(=O)Oc2c(N3CC4CNC4C3)ccc3c2C(=O)c2ccccc2-3)cc1. The van der Waals surface area contributed by atoms with E-state index in [0.717, 1.165) is 30.8 Å². The summed E-state index contributed by atoms with van der Waals surface area (Å²) in [4.78, 5) is 15.6. The molecule has 0 spiro atoms. The van der Waals surface area contributed by atoms with E-state index in [0.29, 0.717) is 34.3 Å². The van der Waals surface area contributed by atoms with Crippen LogP contribution >= 0.6 is 0 Å². The number of hydrogen-bond donors (Lipinski definition) is 1. The lowest BCUT2D eigenvalue weighted by Gasteiger charge is -2.29. The van der Waals surface area contributed by atoms with Crippen LogP contribution in [-0.4, -0.2) is 39.9 Å². The van der Waals surface area contributed by atoms with Crippen molar-refractivity contribution in [1.82, 2.24) is 5.32 Å². The Kier molecular flexibility index (Phi) is 4.22. The van der Waals surface area contributed by atoms with Gasteiger partial charge in [-0.3, -0.25) is 4.79 Å². The Morgan fingerprint density at radius 1 is 0.938 bits per heavy atom. The molecule has 6 nitrogen and oxygen atoms in total. The van der Waals surface area contributed by atoms with E-state index in [1.165, 1.54) is 12.1 Å². The van der Waals surface area contributed by atoms with Crippen LogP contribution in [0.2, 0.25) is 0 Å². The molecule has 6 rings (SSSR count). The Bertz CT molecular complexity index is 1350. The molecule has 3 aromatic rings. The lowest BCUT2D eigenvalue weighted by atomic mass is 9.96. The van der Waals surface area contributed by atoms with Gasteiger partial charge in [0.1, 0.15) is 4.90 Å². The standard InChI is InChI=1S/C25H22N2O4S/c1-15-6-8-17(9-7-15)32(29,30)31-25-22(27-13-16-12-26-21(16)14-27)11-10-19-18-4-2-3-5-20(18)24(28)23(19)25/h2-11,16,21,26H,12-14H2,1H3. The van der Waals surface area contributed by atoms with Crippen LogP contribution in [0.5, 0.6) is 5.75 Å². The number of carbonyl (C=O) groups is 1. The number of nitrogens with one attached hydrogen (secondary N) is 1. The Balaban J connectivity index is 1.50. The highest BCUT2D eigenvalue weighted by molar-refractivity contribution is 7.87. The molecule has 1 N–H and O–H groups in total. The molecule has 3 aromatic carbocycles. The summed E-state index contributed by atoms with van der Waals surface area (Å²) in [6, 6.07) is 18.1. The van der Waals surface area contributed by atoms with Crippen LogP contribution in [-0.2, 0) is 10.1 Å². The summed E-state index contributed by atoms with van der Waals surface area (Å²) < 4.78 is 32.3. The number of benzene rings is 3. The molecule has 0 bridgehead atoms. The number of aryl methyl sites for hydroxylation is 1. The van der Waals surface area contributed by atoms with Crippen molar-refractivity contribution < 1.29 is 17.4 Å². The summed E-state index contributed by atoms with van der Waals surface area (Å²) in [5.74, 6) is 0.454. The molecule has 0 aromatic heterocycles. The molecule has 32 heavy (non-hydrogen) atoms. The maximum atomic E-state index is 13.4. The smallest absolute Gasteiger partial charge is 0.339 e. The van der Waals surface area contributed by atoms with E-state index in [2.05, 4.69) is 10.2 Å². The Morgan fingerprint density at radius 3 is 2.34 bits per heavy atom. The van der Waals surface area contributed by atoms with Gasteiger partial charge in [0.25, 0.3) is 0 Å². The molecule has 2 fully saturated rings. The number of nitrogens with zero attached hydrogens (tertiary/aromatic N) is 1. The molecule has 0 saturated carbocycles. The van der Waals surface area contributed by atoms with Crippen LogP contribution in [0.1, 0.15) is 21.5 Å². The molecule has 2 atom stereocenters. The third-order valence-electron chi connectivity index (χ3n) is 6.75. The summed E-state index contributed by atoms with van der Waals surface area (Å²) in [7, 11) is -4.12. The van der Waals surface area contributed by atoms with Crippen LogP contribution in [0, 0.1) is 12.8 Å². The first-order chi connectivity index (χ1) is 15.4. The lowest BCUT2D eigenvalue weighted by molar-refractivity contribution is 0.104. The largest absolute Gasteiger partial charge is 0.376 e. The molecular formula is C25H22N2O4S. The minimum Gasteiger partial charge on any atom is -0.376 e. The predicted octanol–water partition coefficient (Wildman–Crippen LogP) is 3.38. The summed E-state index contributed by atoms with van der Waals surface area (Å²) >= 11 is 0. The Hall–Kier alpha value is -3.16. The van der Waals surface area contributed by atoms with Gasteiger partial charge >= 0.3 is 10.1 Å². The monoisotopic (exact) mass is 446 g/mol. The quantitative estimate of drug-likeness (QED) is 0.485. The van der Waals surface area contributed by atoms with E-state index in [9.17, 15) is 13.2 Å². The van der Waals surface area contributed by atoms with Crippen LogP contribution in [0.3, 0.4) is 0 Å². The fraction of sp³-hybridized carbons (Fsp3) is 0.240. The van der Waals surface area contributed by atoms with Crippen LogP contribution in [0.4, 0.5) is 5.69 Å². The third-order valence-corrected chi connectivity index (χ3v) is 7.99. The number of carbonyl (C=O) groups excluding carboxylic acids is 1. The third kappa shape index (κ3) is 2.88. The summed E-state index contributed by atoms with van der Waals surface area (Å²) in [6.07, 6.45) is 0. The molecular weight excluding hydrogens is 424 g/mol. The average molecular weight is 447 g/mol. The Labute approximate surface area is 187 Å².